The molecule has 6 nitrogen and oxygen atoms in total. The van der Waals surface area contributed by atoms with Crippen molar-refractivity contribution in [1.29, 1.82) is 0 Å². The number of nitrogens with one attached hydrogen (secondary N) is 2. The summed E-state index contributed by atoms with van der Waals surface area (Å²) in [5, 5.41) is 5.66. The van der Waals surface area contributed by atoms with Crippen molar-refractivity contribution < 1.29 is 18.7 Å². The normalized spacial score (nSPS) is 11.7. The molecule has 7 heteroatoms. The summed E-state index contributed by atoms with van der Waals surface area (Å²) in [6.45, 7) is 5.91. The molecule has 2 amide bonds. The number of hydrogen-bond donors (Lipinski definition) is 2. The summed E-state index contributed by atoms with van der Waals surface area (Å²) in [7, 11) is 0. The number of carbonyl (C=O) groups is 2. The topological polar surface area (TPSA) is 80.3 Å². The molecule has 2 aromatic carbocycles. The van der Waals surface area contributed by atoms with Gasteiger partial charge in [-0.15, -0.1) is 0 Å². The first kappa shape index (κ1) is 22.9. The van der Waals surface area contributed by atoms with Crippen molar-refractivity contribution in [2.75, 3.05) is 0 Å². The Balaban J connectivity index is 1.57. The van der Waals surface area contributed by atoms with Crippen LogP contribution in [0.1, 0.15) is 35.3 Å². The van der Waals surface area contributed by atoms with Gasteiger partial charge in [-0.3, -0.25) is 9.59 Å². The average molecular weight is 435 g/mol. The van der Waals surface area contributed by atoms with E-state index in [0.29, 0.717) is 17.2 Å². The molecule has 0 saturated heterocycles. The fourth-order valence-electron chi connectivity index (χ4n) is 3.07. The maximum absolute atomic E-state index is 13.3. The van der Waals surface area contributed by atoms with Gasteiger partial charge in [-0.25, -0.2) is 9.37 Å². The Morgan fingerprint density at radius 3 is 2.50 bits per heavy atom. The van der Waals surface area contributed by atoms with Crippen molar-refractivity contribution in [2.24, 2.45) is 5.92 Å². The number of benzene rings is 2. The van der Waals surface area contributed by atoms with E-state index < -0.39 is 11.9 Å². The summed E-state index contributed by atoms with van der Waals surface area (Å²) in [6.07, 6.45) is 1.57. The Morgan fingerprint density at radius 2 is 1.84 bits per heavy atom. The Hall–Kier alpha value is -3.74. The number of amides is 2. The second-order valence-corrected chi connectivity index (χ2v) is 7.85. The van der Waals surface area contributed by atoms with E-state index in [4.69, 9.17) is 4.74 Å². The first-order valence-electron chi connectivity index (χ1n) is 10.4. The third-order valence-electron chi connectivity index (χ3n) is 4.80. The minimum Gasteiger partial charge on any atom is -0.439 e. The quantitative estimate of drug-likeness (QED) is 0.550. The summed E-state index contributed by atoms with van der Waals surface area (Å²) in [5.74, 6) is -0.386. The van der Waals surface area contributed by atoms with Crippen LogP contribution in [0.25, 0.3) is 0 Å². The lowest BCUT2D eigenvalue weighted by molar-refractivity contribution is -0.124. The van der Waals surface area contributed by atoms with Crippen LogP contribution in [0.15, 0.2) is 66.9 Å². The van der Waals surface area contributed by atoms with E-state index in [9.17, 15) is 14.0 Å². The minimum absolute atomic E-state index is 0.0936. The summed E-state index contributed by atoms with van der Waals surface area (Å²) < 4.78 is 18.8. The van der Waals surface area contributed by atoms with E-state index in [2.05, 4.69) is 15.6 Å². The van der Waals surface area contributed by atoms with Gasteiger partial charge in [0, 0.05) is 30.4 Å². The Bertz CT molecular complexity index is 1080. The lowest BCUT2D eigenvalue weighted by atomic mass is 10.0. The molecular weight excluding hydrogens is 409 g/mol. The van der Waals surface area contributed by atoms with Crippen molar-refractivity contribution in [3.63, 3.8) is 0 Å². The van der Waals surface area contributed by atoms with Crippen LogP contribution in [0, 0.1) is 18.7 Å². The van der Waals surface area contributed by atoms with Gasteiger partial charge in [-0.1, -0.05) is 43.7 Å². The van der Waals surface area contributed by atoms with Crippen molar-refractivity contribution in [3.05, 3.63) is 89.4 Å². The van der Waals surface area contributed by atoms with Crippen molar-refractivity contribution in [2.45, 2.75) is 33.4 Å². The average Bonchev–Trinajstić information content (AvgIpc) is 2.76. The monoisotopic (exact) mass is 435 g/mol. The molecule has 0 aliphatic rings. The lowest BCUT2D eigenvalue weighted by Gasteiger charge is -2.22. The van der Waals surface area contributed by atoms with Crippen LogP contribution >= 0.6 is 0 Å². The first-order valence-corrected chi connectivity index (χ1v) is 10.4. The molecule has 0 spiro atoms. The molecule has 3 aromatic rings. The van der Waals surface area contributed by atoms with Gasteiger partial charge >= 0.3 is 0 Å². The van der Waals surface area contributed by atoms with Gasteiger partial charge in [0.1, 0.15) is 17.6 Å². The molecule has 0 aliphatic heterocycles. The molecule has 0 bridgehead atoms. The van der Waals surface area contributed by atoms with Crippen LogP contribution in [0.2, 0.25) is 0 Å². The van der Waals surface area contributed by atoms with Crippen LogP contribution in [0.5, 0.6) is 11.6 Å². The van der Waals surface area contributed by atoms with E-state index in [1.54, 1.807) is 42.6 Å². The lowest BCUT2D eigenvalue weighted by Crippen LogP contribution is -2.49. The highest BCUT2D eigenvalue weighted by Crippen LogP contribution is 2.20. The molecule has 166 valence electrons. The maximum Gasteiger partial charge on any atom is 0.251 e. The standard InChI is InChI=1S/C25H26FN3O3/c1-16(2)23(29-24(30)19-7-4-6-17(3)12-19)25(31)28-15-18-10-11-22(27-14-18)32-21-9-5-8-20(26)13-21/h4-14,16,23H,15H2,1-3H3,(H,28,31)(H,29,30). The predicted octanol–water partition coefficient (Wildman–Crippen LogP) is 4.39. The van der Waals surface area contributed by atoms with Gasteiger partial charge in [-0.05, 0) is 42.7 Å². The summed E-state index contributed by atoms with van der Waals surface area (Å²) in [5.41, 5.74) is 2.25. The summed E-state index contributed by atoms with van der Waals surface area (Å²) in [6, 6.07) is 15.7. The van der Waals surface area contributed by atoms with Crippen LogP contribution in [0.4, 0.5) is 4.39 Å². The second-order valence-electron chi connectivity index (χ2n) is 7.85. The number of aromatic nitrogens is 1. The molecule has 2 N–H and O–H groups in total. The van der Waals surface area contributed by atoms with E-state index in [0.717, 1.165) is 11.1 Å². The zero-order valence-corrected chi connectivity index (χ0v) is 18.3. The molecule has 1 aromatic heterocycles. The fourth-order valence-corrected chi connectivity index (χ4v) is 3.07. The second kappa shape index (κ2) is 10.5. The third kappa shape index (κ3) is 6.38. The highest BCUT2D eigenvalue weighted by atomic mass is 19.1. The molecule has 1 heterocycles. The van der Waals surface area contributed by atoms with Gasteiger partial charge in [0.25, 0.3) is 5.91 Å². The molecule has 3 rings (SSSR count). The zero-order chi connectivity index (χ0) is 23.1. The van der Waals surface area contributed by atoms with Gasteiger partial charge in [-0.2, -0.15) is 0 Å². The largest absolute Gasteiger partial charge is 0.439 e. The van der Waals surface area contributed by atoms with E-state index >= 15 is 0 Å². The summed E-state index contributed by atoms with van der Waals surface area (Å²) in [4.78, 5) is 29.5. The van der Waals surface area contributed by atoms with Crippen molar-refractivity contribution in [3.8, 4) is 11.6 Å². The molecular formula is C25H26FN3O3. The molecule has 0 radical (unpaired) electrons. The van der Waals surface area contributed by atoms with Gasteiger partial charge in [0.2, 0.25) is 11.8 Å². The van der Waals surface area contributed by atoms with Crippen molar-refractivity contribution in [1.82, 2.24) is 15.6 Å². The first-order chi connectivity index (χ1) is 15.3. The van der Waals surface area contributed by atoms with Crippen LogP contribution < -0.4 is 15.4 Å². The molecule has 0 fully saturated rings. The summed E-state index contributed by atoms with van der Waals surface area (Å²) >= 11 is 0. The van der Waals surface area contributed by atoms with Gasteiger partial charge in [0.15, 0.2) is 0 Å². The smallest absolute Gasteiger partial charge is 0.251 e. The molecule has 0 saturated carbocycles. The highest BCUT2D eigenvalue weighted by Gasteiger charge is 2.24. The zero-order valence-electron chi connectivity index (χ0n) is 18.3. The van der Waals surface area contributed by atoms with Gasteiger partial charge < -0.3 is 15.4 Å². The number of aryl methyl sites for hydroxylation is 1. The number of nitrogens with zero attached hydrogens (tertiary/aromatic N) is 1. The van der Waals surface area contributed by atoms with E-state index in [1.807, 2.05) is 32.9 Å². The Morgan fingerprint density at radius 1 is 1.06 bits per heavy atom. The van der Waals surface area contributed by atoms with Crippen LogP contribution in [0.3, 0.4) is 0 Å². The van der Waals surface area contributed by atoms with Crippen LogP contribution in [-0.2, 0) is 11.3 Å². The van der Waals surface area contributed by atoms with Crippen LogP contribution in [-0.4, -0.2) is 22.8 Å². The third-order valence-corrected chi connectivity index (χ3v) is 4.80. The maximum atomic E-state index is 13.3. The number of ether oxygens (including phenoxy) is 1. The van der Waals surface area contributed by atoms with Crippen molar-refractivity contribution >= 4 is 11.8 Å². The fraction of sp³-hybridized carbons (Fsp3) is 0.240. The number of carbonyl (C=O) groups excluding carboxylic acids is 2. The number of pyridine rings is 1. The highest BCUT2D eigenvalue weighted by molar-refractivity contribution is 5.97. The number of hydrogen-bond acceptors (Lipinski definition) is 4. The van der Waals surface area contributed by atoms with E-state index in [1.165, 1.54) is 12.1 Å². The SMILES string of the molecule is Cc1cccc(C(=O)NC(C(=O)NCc2ccc(Oc3cccc(F)c3)nc2)C(C)C)c1. The Kier molecular flexibility index (Phi) is 7.54. The predicted molar refractivity (Wildman–Crippen MR) is 120 cm³/mol. The number of rotatable bonds is 8. The minimum atomic E-state index is -0.674. The molecule has 1 unspecified atom stereocenters. The van der Waals surface area contributed by atoms with E-state index in [-0.39, 0.29) is 24.3 Å². The number of halogens is 1. The molecule has 0 aliphatic carbocycles. The molecule has 1 atom stereocenters. The van der Waals surface area contributed by atoms with Gasteiger partial charge in [0.05, 0.1) is 0 Å². The molecule has 32 heavy (non-hydrogen) atoms. The Labute approximate surface area is 186 Å².